The highest BCUT2D eigenvalue weighted by molar-refractivity contribution is 9.10. The summed E-state index contributed by atoms with van der Waals surface area (Å²) >= 11 is 2.80. The maximum Gasteiger partial charge on any atom is 0.176 e. The number of hydrogen-bond acceptors (Lipinski definition) is 4. The standard InChI is InChI=1S/C5H8BrO4/c6-5(9)2-10-3(1-7)4(5)8/h2-4,7-9H,1H2/t3-,4-,5+/m1/s1. The van der Waals surface area contributed by atoms with Crippen molar-refractivity contribution in [1.29, 1.82) is 0 Å². The smallest absolute Gasteiger partial charge is 0.176 e. The molecule has 1 aliphatic rings. The van der Waals surface area contributed by atoms with Gasteiger partial charge in [-0.1, -0.05) is 0 Å². The molecular formula is C5H8BrO4. The minimum Gasteiger partial charge on any atom is -0.394 e. The van der Waals surface area contributed by atoms with E-state index in [1.165, 1.54) is 0 Å². The van der Waals surface area contributed by atoms with E-state index in [-0.39, 0.29) is 6.61 Å². The molecule has 1 saturated heterocycles. The maximum atomic E-state index is 9.14. The first-order chi connectivity index (χ1) is 4.58. The van der Waals surface area contributed by atoms with E-state index in [9.17, 15) is 0 Å². The average molecular weight is 212 g/mol. The summed E-state index contributed by atoms with van der Waals surface area (Å²) < 4.78 is 3.19. The van der Waals surface area contributed by atoms with Gasteiger partial charge in [-0.05, 0) is 15.9 Å². The molecule has 0 spiro atoms. The van der Waals surface area contributed by atoms with Gasteiger partial charge in [0.25, 0.3) is 0 Å². The van der Waals surface area contributed by atoms with Crippen LogP contribution >= 0.6 is 15.9 Å². The van der Waals surface area contributed by atoms with E-state index in [0.717, 1.165) is 6.61 Å². The molecule has 1 aliphatic heterocycles. The van der Waals surface area contributed by atoms with Gasteiger partial charge in [-0.15, -0.1) is 0 Å². The molecule has 0 aromatic carbocycles. The van der Waals surface area contributed by atoms with Crippen molar-refractivity contribution in [3.63, 3.8) is 0 Å². The Bertz CT molecular complexity index is 127. The SMILES string of the molecule is OC[C@H]1O[CH][C@@](O)(Br)[C@@H]1O. The summed E-state index contributed by atoms with van der Waals surface area (Å²) in [5.74, 6) is 0. The van der Waals surface area contributed by atoms with Crippen molar-refractivity contribution in [3.05, 3.63) is 6.61 Å². The van der Waals surface area contributed by atoms with Crippen LogP contribution in [0.3, 0.4) is 0 Å². The number of rotatable bonds is 1. The minimum atomic E-state index is -1.51. The molecule has 0 unspecified atom stereocenters. The molecule has 0 aliphatic carbocycles. The van der Waals surface area contributed by atoms with Crippen LogP contribution in [-0.4, -0.2) is 38.6 Å². The summed E-state index contributed by atoms with van der Waals surface area (Å²) in [7, 11) is 0. The van der Waals surface area contributed by atoms with Gasteiger partial charge in [-0.2, -0.15) is 0 Å². The second-order valence-electron chi connectivity index (χ2n) is 2.15. The molecule has 3 N–H and O–H groups in total. The van der Waals surface area contributed by atoms with Crippen molar-refractivity contribution in [2.45, 2.75) is 16.7 Å². The van der Waals surface area contributed by atoms with Crippen molar-refractivity contribution in [2.75, 3.05) is 6.61 Å². The molecule has 1 radical (unpaired) electrons. The fraction of sp³-hybridized carbons (Fsp3) is 0.800. The summed E-state index contributed by atoms with van der Waals surface area (Å²) in [6.07, 6.45) is -1.85. The number of hydrogen-bond donors (Lipinski definition) is 3. The van der Waals surface area contributed by atoms with Gasteiger partial charge in [0.05, 0.1) is 6.61 Å². The lowest BCUT2D eigenvalue weighted by molar-refractivity contribution is -0.0100. The number of aliphatic hydroxyl groups is 3. The van der Waals surface area contributed by atoms with E-state index >= 15 is 0 Å². The normalized spacial score (nSPS) is 48.0. The maximum absolute atomic E-state index is 9.14. The van der Waals surface area contributed by atoms with Gasteiger partial charge in [0, 0.05) is 0 Å². The van der Waals surface area contributed by atoms with E-state index in [4.69, 9.17) is 20.1 Å². The number of aliphatic hydroxyl groups excluding tert-OH is 2. The Hall–Kier alpha value is 0.320. The van der Waals surface area contributed by atoms with E-state index in [0.29, 0.717) is 0 Å². The molecule has 4 nitrogen and oxygen atoms in total. The molecule has 10 heavy (non-hydrogen) atoms. The van der Waals surface area contributed by atoms with E-state index in [1.54, 1.807) is 0 Å². The first kappa shape index (κ1) is 8.42. The molecule has 0 amide bonds. The van der Waals surface area contributed by atoms with E-state index in [1.807, 2.05) is 0 Å². The Morgan fingerprint density at radius 3 is 2.50 bits per heavy atom. The third kappa shape index (κ3) is 1.33. The fourth-order valence-electron chi connectivity index (χ4n) is 0.731. The van der Waals surface area contributed by atoms with Crippen LogP contribution in [-0.2, 0) is 4.74 Å². The average Bonchev–Trinajstić information content (AvgIpc) is 2.10. The second kappa shape index (κ2) is 2.75. The van der Waals surface area contributed by atoms with Crippen LogP contribution in [0, 0.1) is 6.61 Å². The summed E-state index contributed by atoms with van der Waals surface area (Å²) in [6, 6.07) is 0. The van der Waals surface area contributed by atoms with Gasteiger partial charge >= 0.3 is 0 Å². The number of alkyl halides is 1. The van der Waals surface area contributed by atoms with Crippen molar-refractivity contribution in [1.82, 2.24) is 0 Å². The predicted molar refractivity (Wildman–Crippen MR) is 36.1 cm³/mol. The van der Waals surface area contributed by atoms with Crippen LogP contribution in [0.25, 0.3) is 0 Å². The van der Waals surface area contributed by atoms with Crippen LogP contribution in [0.15, 0.2) is 0 Å². The van der Waals surface area contributed by atoms with Crippen LogP contribution < -0.4 is 0 Å². The number of ether oxygens (including phenoxy) is 1. The molecule has 0 aromatic rings. The van der Waals surface area contributed by atoms with Crippen LogP contribution in [0.4, 0.5) is 0 Å². The molecule has 3 atom stereocenters. The zero-order chi connectivity index (χ0) is 7.78. The summed E-state index contributed by atoms with van der Waals surface area (Å²) in [4.78, 5) is 0. The zero-order valence-electron chi connectivity index (χ0n) is 5.07. The van der Waals surface area contributed by atoms with E-state index in [2.05, 4.69) is 15.9 Å². The van der Waals surface area contributed by atoms with Crippen molar-refractivity contribution in [2.24, 2.45) is 0 Å². The lowest BCUT2D eigenvalue weighted by Crippen LogP contribution is -2.38. The van der Waals surface area contributed by atoms with Gasteiger partial charge in [0.15, 0.2) is 4.51 Å². The van der Waals surface area contributed by atoms with Crippen molar-refractivity contribution >= 4 is 15.9 Å². The molecule has 1 heterocycles. The Morgan fingerprint density at radius 2 is 2.30 bits per heavy atom. The summed E-state index contributed by atoms with van der Waals surface area (Å²) in [5.41, 5.74) is 0. The Labute approximate surface area is 66.6 Å². The largest absolute Gasteiger partial charge is 0.394 e. The molecular weight excluding hydrogens is 204 g/mol. The molecule has 59 valence electrons. The third-order valence-corrected chi connectivity index (χ3v) is 2.01. The van der Waals surface area contributed by atoms with Gasteiger partial charge in [-0.25, -0.2) is 0 Å². The number of halogens is 1. The molecule has 5 heteroatoms. The predicted octanol–water partition coefficient (Wildman–Crippen LogP) is -1.02. The molecule has 0 saturated carbocycles. The topological polar surface area (TPSA) is 69.9 Å². The van der Waals surface area contributed by atoms with Gasteiger partial charge < -0.3 is 20.1 Å². The summed E-state index contributed by atoms with van der Waals surface area (Å²) in [6.45, 7) is 0.740. The monoisotopic (exact) mass is 211 g/mol. The van der Waals surface area contributed by atoms with Crippen LogP contribution in [0.2, 0.25) is 0 Å². The zero-order valence-corrected chi connectivity index (χ0v) is 6.65. The lowest BCUT2D eigenvalue weighted by Gasteiger charge is -2.17. The quantitative estimate of drug-likeness (QED) is 0.487. The molecule has 0 aromatic heterocycles. The van der Waals surface area contributed by atoms with Crippen molar-refractivity contribution in [3.8, 4) is 0 Å². The third-order valence-electron chi connectivity index (χ3n) is 1.36. The first-order valence-corrected chi connectivity index (χ1v) is 3.57. The Balaban J connectivity index is 2.58. The molecule has 0 bridgehead atoms. The Morgan fingerprint density at radius 1 is 1.70 bits per heavy atom. The minimum absolute atomic E-state index is 0.314. The fourth-order valence-corrected chi connectivity index (χ4v) is 1.13. The summed E-state index contributed by atoms with van der Waals surface area (Å²) in [5, 5.41) is 26.8. The second-order valence-corrected chi connectivity index (χ2v) is 3.42. The van der Waals surface area contributed by atoms with Crippen molar-refractivity contribution < 1.29 is 20.1 Å². The van der Waals surface area contributed by atoms with E-state index < -0.39 is 16.7 Å². The van der Waals surface area contributed by atoms with Gasteiger partial charge in [-0.3, -0.25) is 0 Å². The Kier molecular flexibility index (Phi) is 2.31. The highest BCUT2D eigenvalue weighted by Gasteiger charge is 2.46. The van der Waals surface area contributed by atoms with Gasteiger partial charge in [0.1, 0.15) is 18.8 Å². The highest BCUT2D eigenvalue weighted by Crippen LogP contribution is 2.33. The van der Waals surface area contributed by atoms with Crippen LogP contribution in [0.5, 0.6) is 0 Å². The lowest BCUT2D eigenvalue weighted by atomic mass is 10.2. The van der Waals surface area contributed by atoms with Gasteiger partial charge in [0.2, 0.25) is 0 Å². The highest BCUT2D eigenvalue weighted by atomic mass is 79.9. The van der Waals surface area contributed by atoms with Crippen LogP contribution in [0.1, 0.15) is 0 Å². The first-order valence-electron chi connectivity index (χ1n) is 2.78. The molecule has 1 fully saturated rings. The molecule has 1 rings (SSSR count).